The number of nitrogens with zero attached hydrogens (tertiary/aromatic N) is 1. The predicted molar refractivity (Wildman–Crippen MR) is 64.0 cm³/mol. The number of hydrogen-bond donors (Lipinski definition) is 1. The Morgan fingerprint density at radius 2 is 2.33 bits per heavy atom. The maximum atomic E-state index is 7.87. The summed E-state index contributed by atoms with van der Waals surface area (Å²) in [5.41, 5.74) is 2.35. The maximum absolute atomic E-state index is 7.87. The Morgan fingerprint density at radius 3 is 3.00 bits per heavy atom. The van der Waals surface area contributed by atoms with E-state index in [9.17, 15) is 0 Å². The molecule has 1 aliphatic rings. The van der Waals surface area contributed by atoms with Gasteiger partial charge in [0.1, 0.15) is 5.17 Å². The van der Waals surface area contributed by atoms with Crippen LogP contribution in [0, 0.1) is 5.41 Å². The van der Waals surface area contributed by atoms with Gasteiger partial charge in [0.15, 0.2) is 0 Å². The molecule has 0 saturated carbocycles. The average Bonchev–Trinajstić information content (AvgIpc) is 2.22. The summed E-state index contributed by atoms with van der Waals surface area (Å²) in [7, 11) is 1.61. The first-order valence-electron chi connectivity index (χ1n) is 4.81. The normalized spacial score (nSPS) is 20.7. The summed E-state index contributed by atoms with van der Waals surface area (Å²) in [5, 5.41) is 8.24. The first-order valence-corrected chi connectivity index (χ1v) is 5.19. The zero-order valence-corrected chi connectivity index (χ0v) is 9.77. The second-order valence-electron chi connectivity index (χ2n) is 3.45. The summed E-state index contributed by atoms with van der Waals surface area (Å²) in [5.74, 6) is 0. The van der Waals surface area contributed by atoms with Crippen LogP contribution in [0.5, 0.6) is 0 Å². The van der Waals surface area contributed by atoms with Crippen molar-refractivity contribution < 1.29 is 4.74 Å². The molecule has 0 aromatic rings. The monoisotopic (exact) mass is 226 g/mol. The third kappa shape index (κ3) is 3.61. The Balaban J connectivity index is 2.96. The van der Waals surface area contributed by atoms with E-state index in [0.29, 0.717) is 29.5 Å². The highest BCUT2D eigenvalue weighted by Crippen LogP contribution is 2.16. The fourth-order valence-electron chi connectivity index (χ4n) is 1.26. The largest absolute Gasteiger partial charge is 0.381 e. The fraction of sp³-hybridized carbons (Fsp3) is 0.455. The van der Waals surface area contributed by atoms with Crippen LogP contribution >= 0.6 is 11.6 Å². The van der Waals surface area contributed by atoms with Crippen LogP contribution in [0.4, 0.5) is 0 Å². The van der Waals surface area contributed by atoms with E-state index in [1.807, 2.05) is 6.92 Å². The number of ether oxygens (including phenoxy) is 1. The zero-order chi connectivity index (χ0) is 11.3. The van der Waals surface area contributed by atoms with E-state index >= 15 is 0 Å². The topological polar surface area (TPSA) is 45.4 Å². The van der Waals surface area contributed by atoms with Crippen molar-refractivity contribution in [2.45, 2.75) is 19.8 Å². The summed E-state index contributed by atoms with van der Waals surface area (Å²) in [6.45, 7) is 2.44. The molecule has 82 valence electrons. The molecule has 1 rings (SSSR count). The summed E-state index contributed by atoms with van der Waals surface area (Å²) < 4.78 is 4.93. The molecule has 0 aliphatic carbocycles. The lowest BCUT2D eigenvalue weighted by Gasteiger charge is -2.10. The van der Waals surface area contributed by atoms with Crippen LogP contribution in [-0.4, -0.2) is 24.6 Å². The smallest absolute Gasteiger partial charge is 0.137 e. The van der Waals surface area contributed by atoms with Gasteiger partial charge in [-0.2, -0.15) is 0 Å². The Hall–Kier alpha value is -0.930. The van der Waals surface area contributed by atoms with Crippen LogP contribution in [0.15, 0.2) is 28.4 Å². The predicted octanol–water partition coefficient (Wildman–Crippen LogP) is 2.91. The number of methoxy groups -OCH3 is 1. The standard InChI is InChI=1S/C11H15ClN2O/c1-8-3-4-10(13)9(5-6-15-2)11(12)14-7-8/h5,7,13H,3-4,6H2,1-2H3/b8-7?,9-5+,13-10?,14-11?. The second kappa shape index (κ2) is 5.83. The SMILES string of the molecule is COC/C=C1\C(=N)CCC(C)=CN=C1Cl. The maximum Gasteiger partial charge on any atom is 0.137 e. The van der Waals surface area contributed by atoms with Gasteiger partial charge in [-0.05, 0) is 25.8 Å². The minimum absolute atomic E-state index is 0.371. The Bertz CT molecular complexity index is 342. The molecule has 0 radical (unpaired) electrons. The number of nitrogens with one attached hydrogen (secondary N) is 1. The molecule has 3 nitrogen and oxygen atoms in total. The van der Waals surface area contributed by atoms with Crippen molar-refractivity contribution >= 4 is 22.5 Å². The van der Waals surface area contributed by atoms with Gasteiger partial charge in [0.05, 0.1) is 6.61 Å². The molecule has 0 fully saturated rings. The van der Waals surface area contributed by atoms with E-state index in [-0.39, 0.29) is 0 Å². The molecular formula is C11H15ClN2O. The lowest BCUT2D eigenvalue weighted by molar-refractivity contribution is 0.233. The van der Waals surface area contributed by atoms with Crippen LogP contribution < -0.4 is 0 Å². The molecular weight excluding hydrogens is 212 g/mol. The molecule has 1 heterocycles. The van der Waals surface area contributed by atoms with E-state index < -0.39 is 0 Å². The third-order valence-electron chi connectivity index (χ3n) is 2.17. The summed E-state index contributed by atoms with van der Waals surface area (Å²) in [6.07, 6.45) is 5.11. The molecule has 0 aromatic heterocycles. The first-order chi connectivity index (χ1) is 7.15. The molecule has 15 heavy (non-hydrogen) atoms. The van der Waals surface area contributed by atoms with Gasteiger partial charge in [0, 0.05) is 24.6 Å². The van der Waals surface area contributed by atoms with Gasteiger partial charge in [0.2, 0.25) is 0 Å². The van der Waals surface area contributed by atoms with Crippen molar-refractivity contribution in [1.82, 2.24) is 0 Å². The summed E-state index contributed by atoms with van der Waals surface area (Å²) in [6, 6.07) is 0. The van der Waals surface area contributed by atoms with Crippen molar-refractivity contribution in [2.24, 2.45) is 4.99 Å². The average molecular weight is 227 g/mol. The molecule has 0 unspecified atom stereocenters. The van der Waals surface area contributed by atoms with E-state index in [0.717, 1.165) is 12.0 Å². The molecule has 0 atom stereocenters. The number of rotatable bonds is 2. The molecule has 1 N–H and O–H groups in total. The van der Waals surface area contributed by atoms with E-state index in [2.05, 4.69) is 4.99 Å². The lowest BCUT2D eigenvalue weighted by atomic mass is 10.0. The van der Waals surface area contributed by atoms with Gasteiger partial charge < -0.3 is 10.1 Å². The van der Waals surface area contributed by atoms with Crippen LogP contribution in [0.1, 0.15) is 19.8 Å². The molecule has 0 aromatic carbocycles. The number of aliphatic imine (C=N–C) groups is 1. The van der Waals surface area contributed by atoms with Gasteiger partial charge in [-0.3, -0.25) is 0 Å². The van der Waals surface area contributed by atoms with Crippen molar-refractivity contribution in [2.75, 3.05) is 13.7 Å². The van der Waals surface area contributed by atoms with E-state index in [4.69, 9.17) is 21.7 Å². The van der Waals surface area contributed by atoms with Gasteiger partial charge in [-0.15, -0.1) is 0 Å². The van der Waals surface area contributed by atoms with Gasteiger partial charge in [-0.1, -0.05) is 17.2 Å². The Labute approximate surface area is 95.0 Å². The van der Waals surface area contributed by atoms with Gasteiger partial charge in [0.25, 0.3) is 0 Å². The Morgan fingerprint density at radius 1 is 1.60 bits per heavy atom. The molecule has 0 saturated heterocycles. The highest BCUT2D eigenvalue weighted by molar-refractivity contribution is 6.72. The van der Waals surface area contributed by atoms with Crippen molar-refractivity contribution in [3.8, 4) is 0 Å². The van der Waals surface area contributed by atoms with Crippen LogP contribution in [-0.2, 0) is 4.74 Å². The number of halogens is 1. The van der Waals surface area contributed by atoms with Crippen LogP contribution in [0.25, 0.3) is 0 Å². The quantitative estimate of drug-likeness (QED) is 0.773. The number of allylic oxidation sites excluding steroid dienone is 2. The zero-order valence-electron chi connectivity index (χ0n) is 9.01. The van der Waals surface area contributed by atoms with Crippen molar-refractivity contribution in [3.63, 3.8) is 0 Å². The van der Waals surface area contributed by atoms with E-state index in [1.165, 1.54) is 0 Å². The fourth-order valence-corrected chi connectivity index (χ4v) is 1.50. The van der Waals surface area contributed by atoms with Crippen molar-refractivity contribution in [1.29, 1.82) is 5.41 Å². The highest BCUT2D eigenvalue weighted by atomic mass is 35.5. The molecule has 0 bridgehead atoms. The number of hydrogen-bond acceptors (Lipinski definition) is 3. The minimum Gasteiger partial charge on any atom is -0.381 e. The first kappa shape index (κ1) is 12.1. The molecule has 4 heteroatoms. The van der Waals surface area contributed by atoms with Gasteiger partial charge in [-0.25, -0.2) is 4.99 Å². The summed E-state index contributed by atoms with van der Waals surface area (Å²) in [4.78, 5) is 4.10. The van der Waals surface area contributed by atoms with Crippen LogP contribution in [0.3, 0.4) is 0 Å². The third-order valence-corrected chi connectivity index (χ3v) is 2.47. The molecule has 1 aliphatic heterocycles. The van der Waals surface area contributed by atoms with Crippen molar-refractivity contribution in [3.05, 3.63) is 23.4 Å². The second-order valence-corrected chi connectivity index (χ2v) is 3.81. The Kier molecular flexibility index (Phi) is 4.72. The minimum atomic E-state index is 0.371. The highest BCUT2D eigenvalue weighted by Gasteiger charge is 2.12. The van der Waals surface area contributed by atoms with Crippen LogP contribution in [0.2, 0.25) is 0 Å². The van der Waals surface area contributed by atoms with Gasteiger partial charge >= 0.3 is 0 Å². The lowest BCUT2D eigenvalue weighted by Crippen LogP contribution is -2.10. The molecule has 0 spiro atoms. The summed E-state index contributed by atoms with van der Waals surface area (Å²) >= 11 is 6.00. The van der Waals surface area contributed by atoms with E-state index in [1.54, 1.807) is 19.4 Å². The molecule has 0 amide bonds.